The lowest BCUT2D eigenvalue weighted by Crippen LogP contribution is -2.43. The maximum atomic E-state index is 12.8. The summed E-state index contributed by atoms with van der Waals surface area (Å²) in [6.45, 7) is 10.1. The number of aromatic nitrogens is 4. The molecule has 3 saturated heterocycles. The first-order valence-electron chi connectivity index (χ1n) is 11.0. The first kappa shape index (κ1) is 19.7. The summed E-state index contributed by atoms with van der Waals surface area (Å²) in [5.41, 5.74) is 2.50. The van der Waals surface area contributed by atoms with Gasteiger partial charge < -0.3 is 14.4 Å². The molecule has 2 aromatic rings. The van der Waals surface area contributed by atoms with E-state index in [2.05, 4.69) is 45.0 Å². The molecule has 0 N–H and O–H groups in total. The van der Waals surface area contributed by atoms with Crippen molar-refractivity contribution in [1.29, 1.82) is 0 Å². The number of anilines is 1. The summed E-state index contributed by atoms with van der Waals surface area (Å²) in [6.07, 6.45) is 4.10. The lowest BCUT2D eigenvalue weighted by Gasteiger charge is -2.38. The highest BCUT2D eigenvalue weighted by Gasteiger charge is 2.50. The van der Waals surface area contributed by atoms with Crippen LogP contribution in [0.15, 0.2) is 12.4 Å². The number of rotatable bonds is 4. The number of nitrogens with zero attached hydrogens (tertiary/aromatic N) is 6. The molecule has 5 heterocycles. The number of carbonyl (C=O) groups excluding carboxylic acids is 1. The van der Waals surface area contributed by atoms with Crippen molar-refractivity contribution in [2.24, 2.45) is 5.41 Å². The molecule has 0 saturated carbocycles. The second-order valence-electron chi connectivity index (χ2n) is 9.12. The molecule has 1 unspecified atom stereocenters. The quantitative estimate of drug-likeness (QED) is 0.696. The second kappa shape index (κ2) is 7.77. The molecule has 0 bridgehead atoms. The minimum absolute atomic E-state index is 0.00109. The Labute approximate surface area is 176 Å². The molecular formula is C21H30N6O3. The second-order valence-corrected chi connectivity index (χ2v) is 9.12. The van der Waals surface area contributed by atoms with Crippen molar-refractivity contribution in [2.45, 2.75) is 45.1 Å². The Balaban J connectivity index is 1.29. The average molecular weight is 415 g/mol. The minimum atomic E-state index is -0.342. The van der Waals surface area contributed by atoms with E-state index in [1.807, 2.05) is 0 Å². The van der Waals surface area contributed by atoms with Gasteiger partial charge >= 0.3 is 5.97 Å². The Hall–Kier alpha value is -2.26. The highest BCUT2D eigenvalue weighted by atomic mass is 16.6. The number of piperidine rings is 1. The molecule has 0 amide bonds. The highest BCUT2D eigenvalue weighted by Crippen LogP contribution is 2.44. The number of fused-ring (bicyclic) bond motifs is 1. The standard InChI is InChI=1S/C21H30N6O3/c1-15(2)17-11-18(19-23-22-14-27(19)24-17)26-5-3-21(4-6-26)12-16(30-20(21)28)13-25-7-9-29-10-8-25/h11,14-16H,3-10,12-13H2,1-2H3. The number of esters is 1. The van der Waals surface area contributed by atoms with Gasteiger partial charge in [-0.2, -0.15) is 9.61 Å². The summed E-state index contributed by atoms with van der Waals surface area (Å²) < 4.78 is 13.0. The third-order valence-corrected chi connectivity index (χ3v) is 6.81. The zero-order valence-electron chi connectivity index (χ0n) is 17.8. The van der Waals surface area contributed by atoms with Crippen molar-refractivity contribution in [3.05, 3.63) is 18.1 Å². The summed E-state index contributed by atoms with van der Waals surface area (Å²) in [5, 5.41) is 12.9. The van der Waals surface area contributed by atoms with E-state index in [0.717, 1.165) is 82.2 Å². The van der Waals surface area contributed by atoms with Crippen LogP contribution in [-0.2, 0) is 14.3 Å². The van der Waals surface area contributed by atoms with Crippen molar-refractivity contribution in [3.63, 3.8) is 0 Å². The number of hydrogen-bond acceptors (Lipinski definition) is 8. The Kier molecular flexibility index (Phi) is 5.10. The zero-order chi connectivity index (χ0) is 20.7. The molecule has 3 aliphatic heterocycles. The SMILES string of the molecule is CC(C)c1cc(N2CCC3(CC2)CC(CN2CCOCC2)OC3=O)c2nncn2n1. The van der Waals surface area contributed by atoms with Crippen LogP contribution < -0.4 is 4.90 Å². The van der Waals surface area contributed by atoms with Gasteiger partial charge in [0.05, 0.1) is 30.0 Å². The van der Waals surface area contributed by atoms with E-state index < -0.39 is 0 Å². The van der Waals surface area contributed by atoms with E-state index in [-0.39, 0.29) is 17.5 Å². The van der Waals surface area contributed by atoms with Gasteiger partial charge in [0, 0.05) is 39.1 Å². The van der Waals surface area contributed by atoms with Crippen molar-refractivity contribution in [3.8, 4) is 0 Å². The summed E-state index contributed by atoms with van der Waals surface area (Å²) in [5.74, 6) is 0.308. The first-order valence-corrected chi connectivity index (χ1v) is 11.0. The Morgan fingerprint density at radius 3 is 2.70 bits per heavy atom. The first-order chi connectivity index (χ1) is 14.5. The number of carbonyl (C=O) groups is 1. The molecule has 9 heteroatoms. The molecule has 0 radical (unpaired) electrons. The molecule has 9 nitrogen and oxygen atoms in total. The zero-order valence-corrected chi connectivity index (χ0v) is 17.8. The van der Waals surface area contributed by atoms with Gasteiger partial charge in [0.25, 0.3) is 0 Å². The van der Waals surface area contributed by atoms with E-state index in [4.69, 9.17) is 9.47 Å². The van der Waals surface area contributed by atoms with Crippen molar-refractivity contribution in [1.82, 2.24) is 24.7 Å². The molecule has 5 rings (SSSR count). The van der Waals surface area contributed by atoms with E-state index in [1.54, 1.807) is 10.8 Å². The molecule has 3 fully saturated rings. The maximum absolute atomic E-state index is 12.8. The summed E-state index contributed by atoms with van der Waals surface area (Å²) in [7, 11) is 0. The normalized spacial score (nSPS) is 24.8. The Morgan fingerprint density at radius 2 is 1.97 bits per heavy atom. The van der Waals surface area contributed by atoms with Crippen LogP contribution in [0.2, 0.25) is 0 Å². The fourth-order valence-corrected chi connectivity index (χ4v) is 4.94. The van der Waals surface area contributed by atoms with Crippen LogP contribution in [0.25, 0.3) is 5.65 Å². The van der Waals surface area contributed by atoms with Crippen LogP contribution in [0.4, 0.5) is 5.69 Å². The minimum Gasteiger partial charge on any atom is -0.461 e. The van der Waals surface area contributed by atoms with Crippen LogP contribution in [0.5, 0.6) is 0 Å². The third-order valence-electron chi connectivity index (χ3n) is 6.81. The van der Waals surface area contributed by atoms with Gasteiger partial charge in [-0.25, -0.2) is 0 Å². The maximum Gasteiger partial charge on any atom is 0.312 e. The molecule has 1 spiro atoms. The smallest absolute Gasteiger partial charge is 0.312 e. The molecule has 3 aliphatic rings. The predicted molar refractivity (Wildman–Crippen MR) is 111 cm³/mol. The average Bonchev–Trinajstić information content (AvgIpc) is 3.33. The van der Waals surface area contributed by atoms with E-state index >= 15 is 0 Å². The van der Waals surface area contributed by atoms with Gasteiger partial charge in [-0.05, 0) is 24.8 Å². The van der Waals surface area contributed by atoms with Crippen molar-refractivity contribution in [2.75, 3.05) is 50.8 Å². The van der Waals surface area contributed by atoms with E-state index in [0.29, 0.717) is 5.92 Å². The topological polar surface area (TPSA) is 85.1 Å². The van der Waals surface area contributed by atoms with E-state index in [9.17, 15) is 4.79 Å². The van der Waals surface area contributed by atoms with E-state index in [1.165, 1.54) is 0 Å². The summed E-state index contributed by atoms with van der Waals surface area (Å²) in [6, 6.07) is 2.13. The Morgan fingerprint density at radius 1 is 1.20 bits per heavy atom. The molecule has 0 aromatic carbocycles. The molecule has 0 aliphatic carbocycles. The van der Waals surface area contributed by atoms with Crippen LogP contribution in [0.3, 0.4) is 0 Å². The monoisotopic (exact) mass is 414 g/mol. The molecule has 162 valence electrons. The summed E-state index contributed by atoms with van der Waals surface area (Å²) in [4.78, 5) is 17.5. The van der Waals surface area contributed by atoms with Gasteiger partial charge in [0.15, 0.2) is 0 Å². The molecular weight excluding hydrogens is 384 g/mol. The summed E-state index contributed by atoms with van der Waals surface area (Å²) >= 11 is 0. The number of morpholine rings is 1. The number of ether oxygens (including phenoxy) is 2. The van der Waals surface area contributed by atoms with Crippen LogP contribution in [-0.4, -0.2) is 82.7 Å². The fraction of sp³-hybridized carbons (Fsp3) is 0.714. The molecule has 2 aromatic heterocycles. The largest absolute Gasteiger partial charge is 0.461 e. The van der Waals surface area contributed by atoms with Crippen molar-refractivity contribution >= 4 is 17.3 Å². The van der Waals surface area contributed by atoms with Gasteiger partial charge in [-0.15, -0.1) is 10.2 Å². The van der Waals surface area contributed by atoms with Crippen LogP contribution in [0.1, 0.15) is 44.7 Å². The fourth-order valence-electron chi connectivity index (χ4n) is 4.94. The molecule has 30 heavy (non-hydrogen) atoms. The molecule has 1 atom stereocenters. The van der Waals surface area contributed by atoms with Gasteiger partial charge in [0.1, 0.15) is 12.4 Å². The van der Waals surface area contributed by atoms with Gasteiger partial charge in [0.2, 0.25) is 5.65 Å². The van der Waals surface area contributed by atoms with Crippen molar-refractivity contribution < 1.29 is 14.3 Å². The van der Waals surface area contributed by atoms with Crippen LogP contribution in [0, 0.1) is 5.41 Å². The third kappa shape index (κ3) is 3.54. The van der Waals surface area contributed by atoms with Gasteiger partial charge in [-0.1, -0.05) is 13.8 Å². The van der Waals surface area contributed by atoms with Gasteiger partial charge in [-0.3, -0.25) is 9.69 Å². The number of cyclic esters (lactones) is 1. The highest BCUT2D eigenvalue weighted by molar-refractivity contribution is 5.80. The van der Waals surface area contributed by atoms with Crippen LogP contribution >= 0.6 is 0 Å². The lowest BCUT2D eigenvalue weighted by molar-refractivity contribution is -0.150. The lowest BCUT2D eigenvalue weighted by atomic mass is 9.76. The Bertz CT molecular complexity index is 915. The predicted octanol–water partition coefficient (Wildman–Crippen LogP) is 1.48. The number of hydrogen-bond donors (Lipinski definition) is 0.